The second kappa shape index (κ2) is 12.4. The van der Waals surface area contributed by atoms with Crippen LogP contribution in [0.4, 0.5) is 5.69 Å². The number of nitrogens with zero attached hydrogens (tertiary/aromatic N) is 3. The predicted molar refractivity (Wildman–Crippen MR) is 150 cm³/mol. The van der Waals surface area contributed by atoms with E-state index in [-0.39, 0.29) is 24.1 Å². The van der Waals surface area contributed by atoms with E-state index in [0.29, 0.717) is 23.2 Å². The highest BCUT2D eigenvalue weighted by Gasteiger charge is 2.17. The molecule has 1 heterocycles. The molecular weight excluding hydrogens is 498 g/mol. The van der Waals surface area contributed by atoms with Crippen LogP contribution in [-0.2, 0) is 11.3 Å². The molecule has 0 radical (unpaired) electrons. The zero-order valence-corrected chi connectivity index (χ0v) is 22.8. The van der Waals surface area contributed by atoms with Gasteiger partial charge >= 0.3 is 0 Å². The Labute approximate surface area is 226 Å². The quantitative estimate of drug-likeness (QED) is 0.272. The molecular formula is C29H31N5O3S. The van der Waals surface area contributed by atoms with Gasteiger partial charge in [0.15, 0.2) is 11.0 Å². The fourth-order valence-electron chi connectivity index (χ4n) is 3.82. The van der Waals surface area contributed by atoms with Gasteiger partial charge in [-0.2, -0.15) is 0 Å². The van der Waals surface area contributed by atoms with Gasteiger partial charge in [0.2, 0.25) is 5.91 Å². The SMILES string of the molecule is CCOc1ccc(-n2c(CNC(=O)c3ccc(C)c(C)c3)nnc2SCC(=O)Nc2cccc(C)c2)cc1. The maximum atomic E-state index is 12.8. The van der Waals surface area contributed by atoms with Gasteiger partial charge in [0.05, 0.1) is 18.9 Å². The van der Waals surface area contributed by atoms with Crippen LogP contribution in [0.5, 0.6) is 5.75 Å². The third-order valence-electron chi connectivity index (χ3n) is 5.92. The number of hydrogen-bond donors (Lipinski definition) is 2. The van der Waals surface area contributed by atoms with E-state index in [1.54, 1.807) is 0 Å². The average Bonchev–Trinajstić information content (AvgIpc) is 3.31. The molecule has 2 N–H and O–H groups in total. The van der Waals surface area contributed by atoms with Crippen molar-refractivity contribution in [3.8, 4) is 11.4 Å². The zero-order chi connectivity index (χ0) is 27.1. The van der Waals surface area contributed by atoms with Crippen LogP contribution in [0.25, 0.3) is 5.69 Å². The van der Waals surface area contributed by atoms with Crippen LogP contribution < -0.4 is 15.4 Å². The first-order chi connectivity index (χ1) is 18.3. The van der Waals surface area contributed by atoms with Gasteiger partial charge in [-0.1, -0.05) is 30.0 Å². The van der Waals surface area contributed by atoms with Gasteiger partial charge in [-0.05, 0) is 92.9 Å². The van der Waals surface area contributed by atoms with Gasteiger partial charge in [0.25, 0.3) is 5.91 Å². The Bertz CT molecular complexity index is 1430. The largest absolute Gasteiger partial charge is 0.494 e. The molecule has 4 rings (SSSR count). The van der Waals surface area contributed by atoms with E-state index in [2.05, 4.69) is 20.8 Å². The number of aromatic nitrogens is 3. The number of anilines is 1. The molecule has 0 saturated carbocycles. The molecule has 0 fully saturated rings. The Morgan fingerprint density at radius 2 is 1.74 bits per heavy atom. The van der Waals surface area contributed by atoms with Gasteiger partial charge in [-0.3, -0.25) is 14.2 Å². The number of thioether (sulfide) groups is 1. The molecule has 9 heteroatoms. The van der Waals surface area contributed by atoms with Crippen molar-refractivity contribution < 1.29 is 14.3 Å². The maximum Gasteiger partial charge on any atom is 0.251 e. The molecule has 8 nitrogen and oxygen atoms in total. The lowest BCUT2D eigenvalue weighted by molar-refractivity contribution is -0.113. The molecule has 0 atom stereocenters. The fourth-order valence-corrected chi connectivity index (χ4v) is 4.59. The third-order valence-corrected chi connectivity index (χ3v) is 6.85. The third kappa shape index (κ3) is 6.80. The van der Waals surface area contributed by atoms with Crippen molar-refractivity contribution in [2.75, 3.05) is 17.7 Å². The summed E-state index contributed by atoms with van der Waals surface area (Å²) in [6, 6.07) is 20.8. The van der Waals surface area contributed by atoms with Crippen molar-refractivity contribution >= 4 is 29.3 Å². The van der Waals surface area contributed by atoms with Crippen molar-refractivity contribution in [2.24, 2.45) is 0 Å². The Kier molecular flexibility index (Phi) is 8.81. The normalized spacial score (nSPS) is 10.7. The predicted octanol–water partition coefficient (Wildman–Crippen LogP) is 5.25. The molecule has 0 aliphatic rings. The van der Waals surface area contributed by atoms with Gasteiger partial charge in [0, 0.05) is 16.9 Å². The first-order valence-corrected chi connectivity index (χ1v) is 13.3. The molecule has 0 unspecified atom stereocenters. The number of nitrogens with one attached hydrogen (secondary N) is 2. The monoisotopic (exact) mass is 529 g/mol. The van der Waals surface area contributed by atoms with Crippen LogP contribution in [0.3, 0.4) is 0 Å². The van der Waals surface area contributed by atoms with Gasteiger partial charge in [-0.15, -0.1) is 10.2 Å². The number of benzene rings is 3. The topological polar surface area (TPSA) is 98.1 Å². The van der Waals surface area contributed by atoms with E-state index in [4.69, 9.17) is 4.74 Å². The van der Waals surface area contributed by atoms with E-state index >= 15 is 0 Å². The lowest BCUT2D eigenvalue weighted by atomic mass is 10.1. The van der Waals surface area contributed by atoms with Crippen LogP contribution in [0.2, 0.25) is 0 Å². The molecule has 0 saturated heterocycles. The molecule has 38 heavy (non-hydrogen) atoms. The number of amides is 2. The van der Waals surface area contributed by atoms with Crippen molar-refractivity contribution in [3.63, 3.8) is 0 Å². The minimum absolute atomic E-state index is 0.147. The first kappa shape index (κ1) is 26.9. The minimum Gasteiger partial charge on any atom is -0.494 e. The highest BCUT2D eigenvalue weighted by atomic mass is 32.2. The van der Waals surface area contributed by atoms with Crippen molar-refractivity contribution in [1.29, 1.82) is 0 Å². The Hall–Kier alpha value is -4.11. The first-order valence-electron chi connectivity index (χ1n) is 12.4. The Morgan fingerprint density at radius 1 is 0.947 bits per heavy atom. The number of carbonyl (C=O) groups is 2. The van der Waals surface area contributed by atoms with E-state index < -0.39 is 0 Å². The molecule has 0 spiro atoms. The highest BCUT2D eigenvalue weighted by Crippen LogP contribution is 2.24. The number of rotatable bonds is 10. The lowest BCUT2D eigenvalue weighted by Gasteiger charge is -2.12. The van der Waals surface area contributed by atoms with Crippen LogP contribution in [0, 0.1) is 20.8 Å². The van der Waals surface area contributed by atoms with E-state index in [1.165, 1.54) is 11.8 Å². The summed E-state index contributed by atoms with van der Waals surface area (Å²) in [5.41, 5.74) is 5.39. The summed E-state index contributed by atoms with van der Waals surface area (Å²) < 4.78 is 7.42. The average molecular weight is 530 g/mol. The minimum atomic E-state index is -0.193. The summed E-state index contributed by atoms with van der Waals surface area (Å²) in [5.74, 6) is 1.11. The van der Waals surface area contributed by atoms with E-state index in [0.717, 1.165) is 33.8 Å². The maximum absolute atomic E-state index is 12.8. The van der Waals surface area contributed by atoms with E-state index in [1.807, 2.05) is 99.0 Å². The fraction of sp³-hybridized carbons (Fsp3) is 0.241. The number of hydrogen-bond acceptors (Lipinski definition) is 6. The number of aryl methyl sites for hydroxylation is 3. The summed E-state index contributed by atoms with van der Waals surface area (Å²) in [5, 5.41) is 15.1. The Balaban J connectivity index is 1.52. The van der Waals surface area contributed by atoms with Gasteiger partial charge < -0.3 is 15.4 Å². The van der Waals surface area contributed by atoms with Crippen LogP contribution in [0.1, 0.15) is 39.8 Å². The van der Waals surface area contributed by atoms with Crippen molar-refractivity contribution in [2.45, 2.75) is 39.4 Å². The van der Waals surface area contributed by atoms with Crippen molar-refractivity contribution in [3.05, 3.63) is 94.8 Å². The summed E-state index contributed by atoms with van der Waals surface area (Å²) >= 11 is 1.28. The molecule has 4 aromatic rings. The molecule has 196 valence electrons. The van der Waals surface area contributed by atoms with Gasteiger partial charge in [0.1, 0.15) is 5.75 Å². The Morgan fingerprint density at radius 3 is 2.45 bits per heavy atom. The lowest BCUT2D eigenvalue weighted by Crippen LogP contribution is -2.24. The molecule has 3 aromatic carbocycles. The summed E-state index contributed by atoms with van der Waals surface area (Å²) in [7, 11) is 0. The van der Waals surface area contributed by atoms with Crippen LogP contribution in [-0.4, -0.2) is 38.9 Å². The smallest absolute Gasteiger partial charge is 0.251 e. The molecule has 1 aromatic heterocycles. The zero-order valence-electron chi connectivity index (χ0n) is 21.9. The standard InChI is InChI=1S/C29H31N5O3S/c1-5-37-25-13-11-24(12-14-25)34-26(17-30-28(36)22-10-9-20(3)21(4)16-22)32-33-29(34)38-18-27(35)31-23-8-6-7-19(2)15-23/h6-16H,5,17-18H2,1-4H3,(H,30,36)(H,31,35). The summed E-state index contributed by atoms with van der Waals surface area (Å²) in [4.78, 5) is 25.5. The summed E-state index contributed by atoms with van der Waals surface area (Å²) in [6.07, 6.45) is 0. The molecule has 0 aliphatic carbocycles. The van der Waals surface area contributed by atoms with Crippen LogP contribution in [0.15, 0.2) is 71.9 Å². The molecule has 0 bridgehead atoms. The second-order valence-electron chi connectivity index (χ2n) is 8.85. The van der Waals surface area contributed by atoms with E-state index in [9.17, 15) is 9.59 Å². The van der Waals surface area contributed by atoms with Crippen LogP contribution >= 0.6 is 11.8 Å². The number of carbonyl (C=O) groups excluding carboxylic acids is 2. The second-order valence-corrected chi connectivity index (χ2v) is 9.79. The van der Waals surface area contributed by atoms with Gasteiger partial charge in [-0.25, -0.2) is 0 Å². The summed E-state index contributed by atoms with van der Waals surface area (Å²) in [6.45, 7) is 8.63. The number of ether oxygens (including phenoxy) is 1. The highest BCUT2D eigenvalue weighted by molar-refractivity contribution is 7.99. The van der Waals surface area contributed by atoms with Crippen molar-refractivity contribution in [1.82, 2.24) is 20.1 Å². The molecule has 2 amide bonds. The molecule has 0 aliphatic heterocycles.